The van der Waals surface area contributed by atoms with Crippen molar-refractivity contribution in [1.29, 1.82) is 0 Å². The van der Waals surface area contributed by atoms with Crippen LogP contribution >= 0.6 is 0 Å². The van der Waals surface area contributed by atoms with Crippen LogP contribution in [-0.4, -0.2) is 53.4 Å². The van der Waals surface area contributed by atoms with E-state index in [1.165, 1.54) is 64.2 Å². The second-order valence-electron chi connectivity index (χ2n) is 14.8. The van der Waals surface area contributed by atoms with E-state index in [0.29, 0.717) is 36.0 Å². The topological polar surface area (TPSA) is 17.1 Å². The molecule has 1 nitrogen and oxygen atoms in total. The molecule has 0 radical (unpaired) electrons. The first-order valence-electron chi connectivity index (χ1n) is 18.0. The highest BCUT2D eigenvalue weighted by Crippen LogP contribution is 2.64. The molecular weight excluding hydrogens is 771 g/mol. The van der Waals surface area contributed by atoms with Gasteiger partial charge in [0, 0.05) is 5.56 Å². The molecular formula is C36H43F17O. The van der Waals surface area contributed by atoms with Crippen LogP contribution in [0.2, 0.25) is 0 Å². The van der Waals surface area contributed by atoms with Gasteiger partial charge in [0.25, 0.3) is 0 Å². The molecule has 0 saturated heterocycles. The molecule has 54 heavy (non-hydrogen) atoms. The number of hydrogen-bond acceptors (Lipinski definition) is 1. The molecule has 0 N–H and O–H groups in total. The van der Waals surface area contributed by atoms with E-state index in [1.54, 1.807) is 0 Å². The second kappa shape index (κ2) is 16.7. The average molecular weight is 815 g/mol. The molecule has 2 aliphatic carbocycles. The minimum atomic E-state index is -8.74. The van der Waals surface area contributed by atoms with Crippen LogP contribution < -0.4 is 0 Å². The highest BCUT2D eigenvalue weighted by atomic mass is 19.4. The zero-order chi connectivity index (χ0) is 41.2. The highest BCUT2D eigenvalue weighted by Gasteiger charge is 2.95. The fourth-order valence-corrected chi connectivity index (χ4v) is 7.61. The molecule has 0 bridgehead atoms. The number of alkyl halides is 17. The number of rotatable bonds is 18. The maximum absolute atomic E-state index is 14.5. The van der Waals surface area contributed by atoms with Crippen LogP contribution in [0.1, 0.15) is 119 Å². The van der Waals surface area contributed by atoms with Crippen molar-refractivity contribution in [1.82, 2.24) is 0 Å². The van der Waals surface area contributed by atoms with Gasteiger partial charge in [-0.1, -0.05) is 95.4 Å². The van der Waals surface area contributed by atoms with Crippen LogP contribution in [0.3, 0.4) is 0 Å². The van der Waals surface area contributed by atoms with Gasteiger partial charge in [0.15, 0.2) is 0 Å². The first-order chi connectivity index (χ1) is 24.6. The molecule has 2 aliphatic rings. The Balaban J connectivity index is 1.59. The van der Waals surface area contributed by atoms with E-state index in [9.17, 15) is 79.4 Å². The van der Waals surface area contributed by atoms with E-state index >= 15 is 0 Å². The summed E-state index contributed by atoms with van der Waals surface area (Å²) in [6.07, 6.45) is 9.35. The van der Waals surface area contributed by atoms with Crippen LogP contribution in [0.5, 0.6) is 0 Å². The maximum Gasteiger partial charge on any atom is 0.460 e. The minimum absolute atomic E-state index is 0.274. The van der Waals surface area contributed by atoms with Crippen LogP contribution in [0, 0.1) is 23.7 Å². The number of halogens is 17. The summed E-state index contributed by atoms with van der Waals surface area (Å²) in [5.41, 5.74) is -1.20. The summed E-state index contributed by atoms with van der Waals surface area (Å²) in [6.45, 7) is 2.18. The Morgan fingerprint density at radius 1 is 0.500 bits per heavy atom. The van der Waals surface area contributed by atoms with Crippen molar-refractivity contribution in [2.45, 2.75) is 157 Å². The predicted molar refractivity (Wildman–Crippen MR) is 164 cm³/mol. The smallest absolute Gasteiger partial charge is 0.287 e. The van der Waals surface area contributed by atoms with Crippen LogP contribution in [-0.2, 0) is 6.42 Å². The number of unbranched alkanes of at least 4 members (excludes halogenated alkanes) is 4. The molecule has 3 rings (SSSR count). The summed E-state index contributed by atoms with van der Waals surface area (Å²) in [5.74, 6) is -59.0. The van der Waals surface area contributed by atoms with Gasteiger partial charge in [-0.15, -0.1) is 0 Å². The monoisotopic (exact) mass is 814 g/mol. The van der Waals surface area contributed by atoms with Gasteiger partial charge in [0.05, 0.1) is 0 Å². The summed E-state index contributed by atoms with van der Waals surface area (Å²) in [4.78, 5) is 12.2. The van der Waals surface area contributed by atoms with Crippen molar-refractivity contribution in [3.8, 4) is 0 Å². The lowest BCUT2D eigenvalue weighted by atomic mass is 9.68. The van der Waals surface area contributed by atoms with Gasteiger partial charge in [-0.3, -0.25) is 4.79 Å². The summed E-state index contributed by atoms with van der Waals surface area (Å²) in [7, 11) is 0. The van der Waals surface area contributed by atoms with Gasteiger partial charge in [-0.25, -0.2) is 0 Å². The zero-order valence-corrected chi connectivity index (χ0v) is 29.3. The number of aryl methyl sites for hydroxylation is 1. The zero-order valence-electron chi connectivity index (χ0n) is 29.3. The number of carbonyl (C=O) groups excluding carboxylic acids is 1. The molecule has 2 fully saturated rings. The van der Waals surface area contributed by atoms with Crippen molar-refractivity contribution in [2.24, 2.45) is 23.7 Å². The summed E-state index contributed by atoms with van der Waals surface area (Å²) in [5, 5.41) is 0. The Morgan fingerprint density at radius 2 is 0.889 bits per heavy atom. The summed E-state index contributed by atoms with van der Waals surface area (Å²) in [6, 6.07) is 2.69. The lowest BCUT2D eigenvalue weighted by Crippen LogP contribution is -2.75. The van der Waals surface area contributed by atoms with E-state index in [1.807, 2.05) is 0 Å². The highest BCUT2D eigenvalue weighted by molar-refractivity contribution is 6.02. The molecule has 312 valence electrons. The number of hydrogen-bond donors (Lipinski definition) is 0. The molecule has 0 aliphatic heterocycles. The largest absolute Gasteiger partial charge is 0.460 e. The molecule has 18 heteroatoms. The molecule has 1 aromatic carbocycles. The molecule has 0 spiro atoms. The minimum Gasteiger partial charge on any atom is -0.287 e. The molecule has 0 atom stereocenters. The van der Waals surface area contributed by atoms with Crippen LogP contribution in [0.25, 0.3) is 0 Å². The first-order valence-corrected chi connectivity index (χ1v) is 18.0. The Bertz CT molecular complexity index is 1350. The average Bonchev–Trinajstić information content (AvgIpc) is 3.10. The number of carbonyl (C=O) groups is 1. The van der Waals surface area contributed by atoms with Crippen molar-refractivity contribution >= 4 is 5.78 Å². The Labute approximate surface area is 301 Å². The molecule has 0 unspecified atom stereocenters. The van der Waals surface area contributed by atoms with E-state index < -0.39 is 59.0 Å². The number of ketones is 1. The van der Waals surface area contributed by atoms with Gasteiger partial charge >= 0.3 is 47.6 Å². The standard InChI is InChI=1S/C36H43F17O/c1-2-3-4-5-6-7-22-10-16-25(17-11-22)26-18-12-23(13-19-26)8-9-24-14-20-27(21-15-24)28(54)29(37,38)30(39,40)31(41,42)32(43,44)33(45,46)34(47,48)35(49,50)36(51,52)53/h14-15,20-23,25-26H,2-13,16-19H2,1H3. The van der Waals surface area contributed by atoms with Gasteiger partial charge in [-0.05, 0) is 67.8 Å². The molecule has 0 amide bonds. The molecule has 2 saturated carbocycles. The lowest BCUT2D eigenvalue weighted by Gasteiger charge is -2.42. The maximum atomic E-state index is 14.5. The number of benzene rings is 1. The fourth-order valence-electron chi connectivity index (χ4n) is 7.61. The van der Waals surface area contributed by atoms with Crippen molar-refractivity contribution in [2.75, 3.05) is 0 Å². The van der Waals surface area contributed by atoms with E-state index in [-0.39, 0.29) is 12.3 Å². The Hall–Kier alpha value is -2.30. The third-order valence-electron chi connectivity index (χ3n) is 11.2. The quantitative estimate of drug-likeness (QED) is 0.0820. The van der Waals surface area contributed by atoms with Crippen LogP contribution in [0.15, 0.2) is 24.3 Å². The molecule has 0 aromatic heterocycles. The SMILES string of the molecule is CCCCCCCC1CCC(C2CCC(CCc3ccc(C(=O)C(F)(F)C(F)(F)C(F)(F)C(F)(F)C(F)(F)C(F)(F)C(F)(F)C(F)(F)F)cc3)CC2)CC1. The van der Waals surface area contributed by atoms with Gasteiger partial charge < -0.3 is 0 Å². The third kappa shape index (κ3) is 8.66. The van der Waals surface area contributed by atoms with Gasteiger partial charge in [-0.2, -0.15) is 74.6 Å². The summed E-state index contributed by atoms with van der Waals surface area (Å²) < 4.78 is 231. The van der Waals surface area contributed by atoms with E-state index in [0.717, 1.165) is 43.7 Å². The number of Topliss-reactive ketones (excluding diaryl/α,β-unsaturated/α-hetero) is 1. The summed E-state index contributed by atoms with van der Waals surface area (Å²) >= 11 is 0. The Morgan fingerprint density at radius 3 is 1.31 bits per heavy atom. The third-order valence-corrected chi connectivity index (χ3v) is 11.2. The predicted octanol–water partition coefficient (Wildman–Crippen LogP) is 13.8. The van der Waals surface area contributed by atoms with Gasteiger partial charge in [0.1, 0.15) is 0 Å². The molecule has 1 aromatic rings. The van der Waals surface area contributed by atoms with Crippen molar-refractivity contribution < 1.29 is 79.4 Å². The van der Waals surface area contributed by atoms with E-state index in [2.05, 4.69) is 6.92 Å². The fraction of sp³-hybridized carbons (Fsp3) is 0.806. The Kier molecular flexibility index (Phi) is 14.2. The molecule has 0 heterocycles. The van der Waals surface area contributed by atoms with E-state index in [4.69, 9.17) is 0 Å². The lowest BCUT2D eigenvalue weighted by molar-refractivity contribution is -0.459. The van der Waals surface area contributed by atoms with Gasteiger partial charge in [0.2, 0.25) is 5.78 Å². The second-order valence-corrected chi connectivity index (χ2v) is 14.8. The first kappa shape index (κ1) is 46.1. The van der Waals surface area contributed by atoms with Crippen molar-refractivity contribution in [3.05, 3.63) is 35.4 Å². The normalized spacial score (nSPS) is 23.1. The van der Waals surface area contributed by atoms with Crippen LogP contribution in [0.4, 0.5) is 74.6 Å². The van der Waals surface area contributed by atoms with Crippen molar-refractivity contribution in [3.63, 3.8) is 0 Å².